The van der Waals surface area contributed by atoms with Gasteiger partial charge >= 0.3 is 6.18 Å². The lowest BCUT2D eigenvalue weighted by Crippen LogP contribution is -2.32. The summed E-state index contributed by atoms with van der Waals surface area (Å²) in [5, 5.41) is 4.05. The lowest BCUT2D eigenvalue weighted by Gasteiger charge is -2.20. The van der Waals surface area contributed by atoms with Crippen LogP contribution in [0.25, 0.3) is 5.69 Å². The lowest BCUT2D eigenvalue weighted by molar-refractivity contribution is -0.143. The number of amides is 1. The van der Waals surface area contributed by atoms with E-state index in [0.717, 1.165) is 6.20 Å². The summed E-state index contributed by atoms with van der Waals surface area (Å²) in [7, 11) is 1.47. The van der Waals surface area contributed by atoms with Crippen molar-refractivity contribution in [2.75, 3.05) is 13.6 Å². The number of nitrogens with zero attached hydrogens (tertiary/aromatic N) is 3. The molecular weight excluding hydrogens is 343 g/mol. The Labute approximate surface area is 142 Å². The van der Waals surface area contributed by atoms with Crippen molar-refractivity contribution in [1.29, 1.82) is 0 Å². The average molecular weight is 360 g/mol. The van der Waals surface area contributed by atoms with Crippen LogP contribution in [0.15, 0.2) is 30.5 Å². The van der Waals surface area contributed by atoms with Gasteiger partial charge in [-0.3, -0.25) is 4.79 Å². The molecule has 0 radical (unpaired) electrons. The zero-order valence-corrected chi connectivity index (χ0v) is 14.2. The fourth-order valence-corrected chi connectivity index (χ4v) is 2.60. The third-order valence-electron chi connectivity index (χ3n) is 3.31. The second-order valence-corrected chi connectivity index (χ2v) is 6.31. The van der Waals surface area contributed by atoms with Crippen molar-refractivity contribution in [3.05, 3.63) is 46.7 Å². The third-order valence-corrected chi connectivity index (χ3v) is 3.54. The molecule has 1 aromatic carbocycles. The predicted molar refractivity (Wildman–Crippen MR) is 85.4 cm³/mol. The second-order valence-electron chi connectivity index (χ2n) is 5.88. The highest BCUT2D eigenvalue weighted by Gasteiger charge is 2.41. The van der Waals surface area contributed by atoms with Crippen LogP contribution in [0, 0.1) is 5.92 Å². The molecule has 0 N–H and O–H groups in total. The van der Waals surface area contributed by atoms with E-state index in [1.165, 1.54) is 30.1 Å². The minimum absolute atomic E-state index is 0.135. The number of rotatable bonds is 4. The Morgan fingerprint density at radius 1 is 1.38 bits per heavy atom. The van der Waals surface area contributed by atoms with Crippen LogP contribution in [0.5, 0.6) is 0 Å². The summed E-state index contributed by atoms with van der Waals surface area (Å²) in [6.07, 6.45) is -3.79. The number of hydrogen-bond acceptors (Lipinski definition) is 2. The van der Waals surface area contributed by atoms with Gasteiger partial charge in [-0.15, -0.1) is 0 Å². The first kappa shape index (κ1) is 18.3. The quantitative estimate of drug-likeness (QED) is 0.817. The average Bonchev–Trinajstić information content (AvgIpc) is 2.90. The minimum Gasteiger partial charge on any atom is -0.341 e. The van der Waals surface area contributed by atoms with Crippen LogP contribution in [0.3, 0.4) is 0 Å². The van der Waals surface area contributed by atoms with E-state index in [4.69, 9.17) is 11.6 Å². The highest BCUT2D eigenvalue weighted by atomic mass is 35.5. The maximum atomic E-state index is 13.6. The highest BCUT2D eigenvalue weighted by molar-refractivity contribution is 6.30. The molecule has 1 amide bonds. The van der Waals surface area contributed by atoms with Gasteiger partial charge in [0.1, 0.15) is 0 Å². The molecule has 8 heteroatoms. The van der Waals surface area contributed by atoms with Gasteiger partial charge in [-0.05, 0) is 24.1 Å². The number of benzene rings is 1. The molecule has 130 valence electrons. The summed E-state index contributed by atoms with van der Waals surface area (Å²) < 4.78 is 41.3. The number of halogens is 4. The Bertz CT molecular complexity index is 740. The number of aromatic nitrogens is 2. The number of hydrogen-bond donors (Lipinski definition) is 0. The van der Waals surface area contributed by atoms with Crippen LogP contribution in [-0.4, -0.2) is 34.2 Å². The summed E-state index contributed by atoms with van der Waals surface area (Å²) in [6, 6.07) is 5.87. The number of carbonyl (C=O) groups excluding carboxylic acids is 1. The van der Waals surface area contributed by atoms with Crippen LogP contribution in [0.1, 0.15) is 29.9 Å². The SMILES string of the molecule is CC(C)CN(C)C(=O)c1cnn(-c2cccc(Cl)c2)c1C(F)(F)F. The largest absolute Gasteiger partial charge is 0.434 e. The van der Waals surface area contributed by atoms with Gasteiger partial charge in [0.05, 0.1) is 17.4 Å². The topological polar surface area (TPSA) is 38.1 Å². The molecule has 0 aliphatic rings. The standard InChI is InChI=1S/C16H17ClF3N3O/c1-10(2)9-22(3)15(24)13-8-21-23(14(13)16(18,19)20)12-6-4-5-11(17)7-12/h4-8,10H,9H2,1-3H3. The molecule has 1 aromatic heterocycles. The molecule has 0 aliphatic carbocycles. The van der Waals surface area contributed by atoms with Gasteiger partial charge < -0.3 is 4.90 Å². The number of alkyl halides is 3. The van der Waals surface area contributed by atoms with Crippen molar-refractivity contribution in [1.82, 2.24) is 14.7 Å². The van der Waals surface area contributed by atoms with E-state index in [9.17, 15) is 18.0 Å². The molecular formula is C16H17ClF3N3O. The van der Waals surface area contributed by atoms with Gasteiger partial charge in [-0.2, -0.15) is 18.3 Å². The fraction of sp³-hybridized carbons (Fsp3) is 0.375. The normalized spacial score (nSPS) is 11.8. The van der Waals surface area contributed by atoms with Crippen molar-refractivity contribution >= 4 is 17.5 Å². The van der Waals surface area contributed by atoms with Crippen molar-refractivity contribution in [2.45, 2.75) is 20.0 Å². The maximum Gasteiger partial charge on any atom is 0.434 e. The van der Waals surface area contributed by atoms with E-state index in [1.807, 2.05) is 13.8 Å². The van der Waals surface area contributed by atoms with E-state index in [0.29, 0.717) is 11.2 Å². The van der Waals surface area contributed by atoms with Gasteiger partial charge in [-0.25, -0.2) is 4.68 Å². The molecule has 0 fully saturated rings. The van der Waals surface area contributed by atoms with Gasteiger partial charge in [0.25, 0.3) is 5.91 Å². The first-order chi connectivity index (χ1) is 11.1. The van der Waals surface area contributed by atoms with Crippen LogP contribution < -0.4 is 0 Å². The van der Waals surface area contributed by atoms with Crippen molar-refractivity contribution in [3.63, 3.8) is 0 Å². The van der Waals surface area contributed by atoms with Crippen LogP contribution in [0.4, 0.5) is 13.2 Å². The maximum absolute atomic E-state index is 13.6. The van der Waals surface area contributed by atoms with E-state index < -0.39 is 23.3 Å². The van der Waals surface area contributed by atoms with E-state index >= 15 is 0 Å². The molecule has 0 spiro atoms. The van der Waals surface area contributed by atoms with Crippen LogP contribution in [-0.2, 0) is 6.18 Å². The smallest absolute Gasteiger partial charge is 0.341 e. The molecule has 2 aromatic rings. The second kappa shape index (κ2) is 6.84. The molecule has 24 heavy (non-hydrogen) atoms. The zero-order valence-electron chi connectivity index (χ0n) is 13.4. The highest BCUT2D eigenvalue weighted by Crippen LogP contribution is 2.34. The van der Waals surface area contributed by atoms with Crippen molar-refractivity contribution in [2.24, 2.45) is 5.92 Å². The molecule has 0 saturated carbocycles. The zero-order chi connectivity index (χ0) is 18.1. The van der Waals surface area contributed by atoms with Gasteiger partial charge in [0.15, 0.2) is 5.69 Å². The van der Waals surface area contributed by atoms with E-state index in [1.54, 1.807) is 6.07 Å². The monoisotopic (exact) mass is 359 g/mol. The molecule has 4 nitrogen and oxygen atoms in total. The Hall–Kier alpha value is -2.02. The molecule has 0 aliphatic heterocycles. The van der Waals surface area contributed by atoms with Crippen molar-refractivity contribution in [3.8, 4) is 5.69 Å². The van der Waals surface area contributed by atoms with Crippen LogP contribution >= 0.6 is 11.6 Å². The van der Waals surface area contributed by atoms with Gasteiger partial charge in [-0.1, -0.05) is 31.5 Å². The third kappa shape index (κ3) is 3.90. The first-order valence-corrected chi connectivity index (χ1v) is 7.65. The first-order valence-electron chi connectivity index (χ1n) is 7.28. The summed E-state index contributed by atoms with van der Waals surface area (Å²) >= 11 is 5.84. The molecule has 0 saturated heterocycles. The Balaban J connectivity index is 2.53. The van der Waals surface area contributed by atoms with Crippen molar-refractivity contribution < 1.29 is 18.0 Å². The van der Waals surface area contributed by atoms with E-state index in [-0.39, 0.29) is 16.6 Å². The Morgan fingerprint density at radius 2 is 2.04 bits per heavy atom. The molecule has 1 heterocycles. The number of carbonyl (C=O) groups is 1. The lowest BCUT2D eigenvalue weighted by atomic mass is 10.1. The molecule has 0 bridgehead atoms. The summed E-state index contributed by atoms with van der Waals surface area (Å²) in [5.74, 6) is -0.583. The molecule has 0 unspecified atom stereocenters. The summed E-state index contributed by atoms with van der Waals surface area (Å²) in [5.41, 5.74) is -1.45. The molecule has 0 atom stereocenters. The van der Waals surface area contributed by atoms with Gasteiger partial charge in [0, 0.05) is 18.6 Å². The van der Waals surface area contributed by atoms with Crippen LogP contribution in [0.2, 0.25) is 5.02 Å². The summed E-state index contributed by atoms with van der Waals surface area (Å²) in [4.78, 5) is 13.7. The predicted octanol–water partition coefficient (Wildman–Crippen LogP) is 4.27. The summed E-state index contributed by atoms with van der Waals surface area (Å²) in [6.45, 7) is 4.10. The minimum atomic E-state index is -4.73. The fourth-order valence-electron chi connectivity index (χ4n) is 2.42. The van der Waals surface area contributed by atoms with Gasteiger partial charge in [0.2, 0.25) is 0 Å². The molecule has 2 rings (SSSR count). The Kier molecular flexibility index (Phi) is 5.22. The Morgan fingerprint density at radius 3 is 2.58 bits per heavy atom. The van der Waals surface area contributed by atoms with E-state index in [2.05, 4.69) is 5.10 Å².